The van der Waals surface area contributed by atoms with Crippen molar-refractivity contribution in [3.8, 4) is 0 Å². The van der Waals surface area contributed by atoms with Crippen molar-refractivity contribution in [2.75, 3.05) is 5.73 Å². The van der Waals surface area contributed by atoms with Crippen molar-refractivity contribution in [2.45, 2.75) is 38.3 Å². The summed E-state index contributed by atoms with van der Waals surface area (Å²) in [6, 6.07) is 6.68. The van der Waals surface area contributed by atoms with Gasteiger partial charge < -0.3 is 20.8 Å². The van der Waals surface area contributed by atoms with Gasteiger partial charge in [0.05, 0.1) is 17.9 Å². The maximum atomic E-state index is 12.4. The Morgan fingerprint density at radius 2 is 2.12 bits per heavy atom. The molecule has 0 spiro atoms. The monoisotopic (exact) mass is 363 g/mol. The van der Waals surface area contributed by atoms with Gasteiger partial charge in [-0.05, 0) is 55.5 Å². The van der Waals surface area contributed by atoms with Crippen molar-refractivity contribution >= 4 is 29.9 Å². The number of furan rings is 1. The predicted octanol–water partition coefficient (Wildman–Crippen LogP) is 2.60. The van der Waals surface area contributed by atoms with E-state index < -0.39 is 6.04 Å². The molecule has 1 aromatic carbocycles. The highest BCUT2D eigenvalue weighted by Crippen LogP contribution is 2.30. The smallest absolute Gasteiger partial charge is 0.255 e. The molecule has 4 N–H and O–H groups in total. The first-order valence-electron chi connectivity index (χ1n) is 8.06. The molecule has 2 unspecified atom stereocenters. The number of nitrogens with one attached hydrogen (secondary N) is 2. The number of anilines is 1. The Bertz CT molecular complexity index is 746. The number of benzene rings is 1. The van der Waals surface area contributed by atoms with Gasteiger partial charge in [0.15, 0.2) is 0 Å². The fourth-order valence-corrected chi connectivity index (χ4v) is 3.02. The number of nitrogen functional groups attached to an aromatic ring is 1. The van der Waals surface area contributed by atoms with E-state index in [0.717, 1.165) is 30.5 Å². The van der Waals surface area contributed by atoms with Crippen LogP contribution in [0, 0.1) is 0 Å². The minimum atomic E-state index is -0.633. The highest BCUT2D eigenvalue weighted by Gasteiger charge is 2.25. The second-order valence-electron chi connectivity index (χ2n) is 6.12. The normalized spacial score (nSPS) is 16.9. The summed E-state index contributed by atoms with van der Waals surface area (Å²) in [6.45, 7) is 1.67. The van der Waals surface area contributed by atoms with Gasteiger partial charge in [-0.25, -0.2) is 0 Å². The number of rotatable bonds is 4. The number of hydrogen-bond donors (Lipinski definition) is 3. The molecule has 3 rings (SSSR count). The zero-order valence-electron chi connectivity index (χ0n) is 14.0. The van der Waals surface area contributed by atoms with Crippen LogP contribution in [0.25, 0.3) is 0 Å². The van der Waals surface area contributed by atoms with Crippen LogP contribution in [-0.2, 0) is 11.2 Å². The topological polar surface area (TPSA) is 97.4 Å². The fraction of sp³-hybridized carbons (Fsp3) is 0.333. The Balaban J connectivity index is 0.00000225. The molecule has 1 aliphatic carbocycles. The lowest BCUT2D eigenvalue weighted by Crippen LogP contribution is -2.46. The number of halogens is 1. The van der Waals surface area contributed by atoms with Gasteiger partial charge in [-0.1, -0.05) is 6.07 Å². The summed E-state index contributed by atoms with van der Waals surface area (Å²) in [5.74, 6) is -0.537. The lowest BCUT2D eigenvalue weighted by molar-refractivity contribution is -0.123. The molecule has 2 aromatic rings. The lowest BCUT2D eigenvalue weighted by Gasteiger charge is -2.28. The number of carbonyl (C=O) groups excluding carboxylic acids is 2. The first-order valence-corrected chi connectivity index (χ1v) is 8.06. The summed E-state index contributed by atoms with van der Waals surface area (Å²) < 4.78 is 4.88. The maximum Gasteiger partial charge on any atom is 0.255 e. The average molecular weight is 364 g/mol. The molecule has 25 heavy (non-hydrogen) atoms. The summed E-state index contributed by atoms with van der Waals surface area (Å²) in [4.78, 5) is 24.4. The molecule has 0 aliphatic heterocycles. The first-order chi connectivity index (χ1) is 11.5. The van der Waals surface area contributed by atoms with E-state index in [4.69, 9.17) is 10.2 Å². The van der Waals surface area contributed by atoms with Crippen molar-refractivity contribution in [1.29, 1.82) is 0 Å². The van der Waals surface area contributed by atoms with Gasteiger partial charge >= 0.3 is 0 Å². The van der Waals surface area contributed by atoms with Crippen LogP contribution < -0.4 is 16.4 Å². The third kappa shape index (κ3) is 4.33. The maximum absolute atomic E-state index is 12.4. The van der Waals surface area contributed by atoms with E-state index in [-0.39, 0.29) is 30.3 Å². The summed E-state index contributed by atoms with van der Waals surface area (Å²) in [5, 5.41) is 5.70. The third-order valence-electron chi connectivity index (χ3n) is 4.32. The van der Waals surface area contributed by atoms with Crippen LogP contribution in [-0.4, -0.2) is 17.9 Å². The molecular formula is C18H22ClN3O3. The third-order valence-corrected chi connectivity index (χ3v) is 4.32. The van der Waals surface area contributed by atoms with Gasteiger partial charge in [-0.3, -0.25) is 9.59 Å². The Morgan fingerprint density at radius 1 is 1.32 bits per heavy atom. The van der Waals surface area contributed by atoms with Crippen LogP contribution in [0.5, 0.6) is 0 Å². The van der Waals surface area contributed by atoms with E-state index in [1.165, 1.54) is 18.1 Å². The van der Waals surface area contributed by atoms with Crippen LogP contribution in [0.2, 0.25) is 0 Å². The van der Waals surface area contributed by atoms with E-state index in [2.05, 4.69) is 10.6 Å². The summed E-state index contributed by atoms with van der Waals surface area (Å²) in [7, 11) is 0. The number of aryl methyl sites for hydroxylation is 1. The highest BCUT2D eigenvalue weighted by atomic mass is 35.5. The van der Waals surface area contributed by atoms with Crippen LogP contribution in [0.15, 0.2) is 41.2 Å². The van der Waals surface area contributed by atoms with E-state index in [9.17, 15) is 9.59 Å². The van der Waals surface area contributed by atoms with Crippen LogP contribution >= 0.6 is 12.4 Å². The molecule has 0 fully saturated rings. The highest BCUT2D eigenvalue weighted by molar-refractivity contribution is 5.97. The number of nitrogens with two attached hydrogens (primary N) is 1. The van der Waals surface area contributed by atoms with Crippen molar-refractivity contribution in [2.24, 2.45) is 0 Å². The Hall–Kier alpha value is -2.47. The minimum absolute atomic E-state index is 0. The van der Waals surface area contributed by atoms with Gasteiger partial charge in [0.25, 0.3) is 5.91 Å². The molecule has 0 bridgehead atoms. The Kier molecular flexibility index (Phi) is 6.09. The summed E-state index contributed by atoms with van der Waals surface area (Å²) >= 11 is 0. The van der Waals surface area contributed by atoms with E-state index in [1.807, 2.05) is 18.2 Å². The lowest BCUT2D eigenvalue weighted by atomic mass is 9.87. The molecular weight excluding hydrogens is 342 g/mol. The van der Waals surface area contributed by atoms with Crippen molar-refractivity contribution < 1.29 is 14.0 Å². The number of fused-ring (bicyclic) bond motifs is 1. The number of hydrogen-bond acceptors (Lipinski definition) is 4. The van der Waals surface area contributed by atoms with Gasteiger partial charge in [-0.15, -0.1) is 12.4 Å². The molecule has 6 nitrogen and oxygen atoms in total. The molecule has 7 heteroatoms. The number of carbonyl (C=O) groups is 2. The first kappa shape index (κ1) is 18.9. The second kappa shape index (κ2) is 8.07. The van der Waals surface area contributed by atoms with Gasteiger partial charge in [0.2, 0.25) is 5.91 Å². The van der Waals surface area contributed by atoms with Crippen molar-refractivity contribution in [3.05, 3.63) is 53.5 Å². The van der Waals surface area contributed by atoms with Crippen LogP contribution in [0.1, 0.15) is 47.3 Å². The quantitative estimate of drug-likeness (QED) is 0.727. The average Bonchev–Trinajstić information content (AvgIpc) is 3.09. The summed E-state index contributed by atoms with van der Waals surface area (Å²) in [5.41, 5.74) is 9.26. The molecule has 0 saturated carbocycles. The molecule has 2 amide bonds. The van der Waals surface area contributed by atoms with Gasteiger partial charge in [0, 0.05) is 5.69 Å². The van der Waals surface area contributed by atoms with E-state index in [1.54, 1.807) is 13.0 Å². The molecule has 1 aromatic heterocycles. The fourth-order valence-electron chi connectivity index (χ4n) is 3.02. The predicted molar refractivity (Wildman–Crippen MR) is 97.6 cm³/mol. The number of amides is 2. The van der Waals surface area contributed by atoms with Crippen LogP contribution in [0.3, 0.4) is 0 Å². The van der Waals surface area contributed by atoms with E-state index >= 15 is 0 Å². The van der Waals surface area contributed by atoms with Crippen LogP contribution in [0.4, 0.5) is 5.69 Å². The van der Waals surface area contributed by atoms with E-state index in [0.29, 0.717) is 5.56 Å². The van der Waals surface area contributed by atoms with Crippen molar-refractivity contribution in [3.63, 3.8) is 0 Å². The molecule has 2 atom stereocenters. The summed E-state index contributed by atoms with van der Waals surface area (Å²) in [6.07, 6.45) is 5.62. The Morgan fingerprint density at radius 3 is 2.84 bits per heavy atom. The van der Waals surface area contributed by atoms with Crippen molar-refractivity contribution in [1.82, 2.24) is 10.6 Å². The largest absolute Gasteiger partial charge is 0.472 e. The Labute approximate surface area is 152 Å². The zero-order valence-corrected chi connectivity index (χ0v) is 14.8. The standard InChI is InChI=1S/C18H21N3O3.ClH/c1-11(20-18(23)13-7-8-24-10-13)17(22)21-16-4-2-3-12-9-14(19)5-6-15(12)16;/h5-11,16H,2-4,19H2,1H3,(H,20,23)(H,21,22);1H. The second-order valence-corrected chi connectivity index (χ2v) is 6.12. The SMILES string of the molecule is CC(NC(=O)c1ccoc1)C(=O)NC1CCCc2cc(N)ccc21.Cl. The molecule has 1 heterocycles. The van der Waals surface area contributed by atoms with Gasteiger partial charge in [-0.2, -0.15) is 0 Å². The molecule has 1 aliphatic rings. The molecule has 0 radical (unpaired) electrons. The zero-order chi connectivity index (χ0) is 17.1. The van der Waals surface area contributed by atoms with Gasteiger partial charge in [0.1, 0.15) is 12.3 Å². The molecule has 134 valence electrons. The minimum Gasteiger partial charge on any atom is -0.472 e. The molecule has 0 saturated heterocycles.